The Morgan fingerprint density at radius 3 is 2.84 bits per heavy atom. The van der Waals surface area contributed by atoms with E-state index in [1.807, 2.05) is 17.9 Å². The zero-order valence-corrected chi connectivity index (χ0v) is 13.0. The Kier molecular flexibility index (Phi) is 3.85. The molecule has 0 saturated carbocycles. The number of hydrogen-bond donors (Lipinski definition) is 1. The van der Waals surface area contributed by atoms with E-state index in [1.54, 1.807) is 6.07 Å². The third-order valence-electron chi connectivity index (χ3n) is 3.48. The maximum Gasteiger partial charge on any atom is 0.192 e. The first-order valence-electron chi connectivity index (χ1n) is 6.37. The van der Waals surface area contributed by atoms with Gasteiger partial charge in [0, 0.05) is 16.6 Å². The molecule has 0 fully saturated rings. The minimum atomic E-state index is -0.512. The lowest BCUT2D eigenvalue weighted by Gasteiger charge is -2.38. The molecule has 0 bridgehead atoms. The quantitative estimate of drug-likeness (QED) is 0.926. The summed E-state index contributed by atoms with van der Waals surface area (Å²) in [5, 5.41) is 0. The summed E-state index contributed by atoms with van der Waals surface area (Å²) >= 11 is 3.40. The molecule has 0 radical (unpaired) electrons. The fourth-order valence-electron chi connectivity index (χ4n) is 2.46. The van der Waals surface area contributed by atoms with Crippen molar-refractivity contribution in [1.29, 1.82) is 0 Å². The zero-order chi connectivity index (χ0) is 14.2. The van der Waals surface area contributed by atoms with Crippen molar-refractivity contribution < 1.29 is 4.39 Å². The van der Waals surface area contributed by atoms with E-state index in [9.17, 15) is 4.39 Å². The van der Waals surface area contributed by atoms with Crippen LogP contribution in [0.15, 0.2) is 27.7 Å². The Morgan fingerprint density at radius 1 is 1.53 bits per heavy atom. The molecule has 0 amide bonds. The smallest absolute Gasteiger partial charge is 0.192 e. The van der Waals surface area contributed by atoms with Crippen molar-refractivity contribution in [2.24, 2.45) is 16.6 Å². The number of halogens is 2. The van der Waals surface area contributed by atoms with Crippen LogP contribution >= 0.6 is 15.9 Å². The zero-order valence-electron chi connectivity index (χ0n) is 11.5. The molecule has 0 aliphatic carbocycles. The van der Waals surface area contributed by atoms with Gasteiger partial charge >= 0.3 is 0 Å². The summed E-state index contributed by atoms with van der Waals surface area (Å²) in [6.07, 6.45) is 0. The molecule has 1 aliphatic rings. The van der Waals surface area contributed by atoms with Gasteiger partial charge in [-0.05, 0) is 31.0 Å². The summed E-state index contributed by atoms with van der Waals surface area (Å²) in [7, 11) is 0. The molecule has 1 aliphatic heterocycles. The van der Waals surface area contributed by atoms with Crippen LogP contribution in [0.3, 0.4) is 0 Å². The van der Waals surface area contributed by atoms with Gasteiger partial charge in [-0.2, -0.15) is 0 Å². The summed E-state index contributed by atoms with van der Waals surface area (Å²) in [6.45, 7) is 7.47. The van der Waals surface area contributed by atoms with Gasteiger partial charge < -0.3 is 10.6 Å². The van der Waals surface area contributed by atoms with Crippen LogP contribution in [-0.2, 0) is 5.54 Å². The molecule has 1 unspecified atom stereocenters. The van der Waals surface area contributed by atoms with Gasteiger partial charge in [0.15, 0.2) is 5.96 Å². The standard InChI is InChI=1S/C14H19BrFN3/c1-9(2)7-19-13(17)18-8-14(19,3)11-6-10(15)4-5-12(11)16/h4-6,9H,7-8H2,1-3H3,(H2,17,18). The van der Waals surface area contributed by atoms with Crippen molar-refractivity contribution >= 4 is 21.9 Å². The average molecular weight is 328 g/mol. The van der Waals surface area contributed by atoms with Crippen molar-refractivity contribution in [3.63, 3.8) is 0 Å². The number of hydrogen-bond acceptors (Lipinski definition) is 3. The molecule has 0 saturated heterocycles. The first kappa shape index (κ1) is 14.3. The summed E-state index contributed by atoms with van der Waals surface area (Å²) in [5.74, 6) is 0.710. The van der Waals surface area contributed by atoms with Crippen LogP contribution in [0.5, 0.6) is 0 Å². The highest BCUT2D eigenvalue weighted by Gasteiger charge is 2.41. The molecule has 5 heteroatoms. The molecule has 104 valence electrons. The van der Waals surface area contributed by atoms with E-state index in [-0.39, 0.29) is 5.82 Å². The van der Waals surface area contributed by atoms with Crippen LogP contribution in [0.1, 0.15) is 26.3 Å². The molecule has 2 N–H and O–H groups in total. The van der Waals surface area contributed by atoms with Crippen LogP contribution in [-0.4, -0.2) is 23.9 Å². The van der Waals surface area contributed by atoms with E-state index >= 15 is 0 Å². The van der Waals surface area contributed by atoms with Gasteiger partial charge in [0.2, 0.25) is 0 Å². The van der Waals surface area contributed by atoms with Gasteiger partial charge in [0.05, 0.1) is 12.1 Å². The lowest BCUT2D eigenvalue weighted by Crippen LogP contribution is -2.49. The third kappa shape index (κ3) is 2.61. The topological polar surface area (TPSA) is 41.6 Å². The van der Waals surface area contributed by atoms with Gasteiger partial charge in [-0.1, -0.05) is 29.8 Å². The Hall–Kier alpha value is -1.10. The van der Waals surface area contributed by atoms with E-state index in [0.717, 1.165) is 11.0 Å². The molecule has 3 nitrogen and oxygen atoms in total. The number of benzene rings is 1. The number of nitrogens with zero attached hydrogens (tertiary/aromatic N) is 2. The van der Waals surface area contributed by atoms with Crippen LogP contribution in [0.2, 0.25) is 0 Å². The highest BCUT2D eigenvalue weighted by molar-refractivity contribution is 9.10. The number of nitrogens with two attached hydrogens (primary N) is 1. The van der Waals surface area contributed by atoms with E-state index < -0.39 is 5.54 Å². The fourth-order valence-corrected chi connectivity index (χ4v) is 2.82. The maximum atomic E-state index is 14.2. The summed E-state index contributed by atoms with van der Waals surface area (Å²) in [5.41, 5.74) is 6.09. The van der Waals surface area contributed by atoms with Crippen molar-refractivity contribution in [3.8, 4) is 0 Å². The Morgan fingerprint density at radius 2 is 2.21 bits per heavy atom. The van der Waals surface area contributed by atoms with Crippen molar-refractivity contribution in [3.05, 3.63) is 34.1 Å². The molecule has 0 spiro atoms. The van der Waals surface area contributed by atoms with Crippen LogP contribution in [0.4, 0.5) is 4.39 Å². The number of guanidine groups is 1. The second-order valence-corrected chi connectivity index (χ2v) is 6.49. The lowest BCUT2D eigenvalue weighted by molar-refractivity contribution is 0.198. The predicted molar refractivity (Wildman–Crippen MR) is 79.5 cm³/mol. The van der Waals surface area contributed by atoms with E-state index in [2.05, 4.69) is 34.8 Å². The molecule has 2 rings (SSSR count). The second-order valence-electron chi connectivity index (χ2n) is 5.58. The normalized spacial score (nSPS) is 23.1. The van der Waals surface area contributed by atoms with E-state index in [4.69, 9.17) is 5.73 Å². The van der Waals surface area contributed by atoms with Crippen molar-refractivity contribution in [1.82, 2.24) is 4.90 Å². The Bertz CT molecular complexity index is 515. The average Bonchev–Trinajstić information content (AvgIpc) is 2.61. The largest absolute Gasteiger partial charge is 0.370 e. The molecular weight excluding hydrogens is 309 g/mol. The molecule has 0 aromatic heterocycles. The first-order chi connectivity index (χ1) is 8.84. The van der Waals surface area contributed by atoms with Gasteiger partial charge in [-0.25, -0.2) is 4.39 Å². The Balaban J connectivity index is 2.43. The molecule has 1 atom stereocenters. The van der Waals surface area contributed by atoms with E-state index in [1.165, 1.54) is 6.07 Å². The second kappa shape index (κ2) is 5.12. The highest BCUT2D eigenvalue weighted by atomic mass is 79.9. The predicted octanol–water partition coefficient (Wildman–Crippen LogP) is 3.09. The monoisotopic (exact) mass is 327 g/mol. The van der Waals surface area contributed by atoms with Crippen LogP contribution in [0, 0.1) is 11.7 Å². The van der Waals surface area contributed by atoms with Crippen LogP contribution < -0.4 is 5.73 Å². The summed E-state index contributed by atoms with van der Waals surface area (Å²) < 4.78 is 15.0. The van der Waals surface area contributed by atoms with Crippen molar-refractivity contribution in [2.45, 2.75) is 26.3 Å². The minimum absolute atomic E-state index is 0.218. The van der Waals surface area contributed by atoms with E-state index in [0.29, 0.717) is 24.0 Å². The van der Waals surface area contributed by atoms with Gasteiger partial charge in [0.1, 0.15) is 5.82 Å². The molecule has 1 aromatic carbocycles. The van der Waals surface area contributed by atoms with Gasteiger partial charge in [-0.15, -0.1) is 0 Å². The van der Waals surface area contributed by atoms with Gasteiger partial charge in [0.25, 0.3) is 0 Å². The lowest BCUT2D eigenvalue weighted by atomic mass is 9.90. The maximum absolute atomic E-state index is 14.2. The van der Waals surface area contributed by atoms with Crippen molar-refractivity contribution in [2.75, 3.05) is 13.1 Å². The first-order valence-corrected chi connectivity index (χ1v) is 7.17. The SMILES string of the molecule is CC(C)CN1C(N)=NCC1(C)c1cc(Br)ccc1F. The summed E-state index contributed by atoms with van der Waals surface area (Å²) in [4.78, 5) is 6.31. The number of aliphatic imine (C=N–C) groups is 1. The Labute approximate surface area is 121 Å². The van der Waals surface area contributed by atoms with Gasteiger partial charge in [-0.3, -0.25) is 4.99 Å². The molecule has 1 heterocycles. The minimum Gasteiger partial charge on any atom is -0.370 e. The molecular formula is C14H19BrFN3. The summed E-state index contributed by atoms with van der Waals surface area (Å²) in [6, 6.07) is 5.00. The van der Waals surface area contributed by atoms with Crippen LogP contribution in [0.25, 0.3) is 0 Å². The number of rotatable bonds is 3. The fraction of sp³-hybridized carbons (Fsp3) is 0.500. The molecule has 1 aromatic rings. The molecule has 19 heavy (non-hydrogen) atoms. The highest BCUT2D eigenvalue weighted by Crippen LogP contribution is 2.36. The third-order valence-corrected chi connectivity index (χ3v) is 3.97.